The van der Waals surface area contributed by atoms with Gasteiger partial charge in [0.2, 0.25) is 5.91 Å². The fourth-order valence-electron chi connectivity index (χ4n) is 1.02. The van der Waals surface area contributed by atoms with Gasteiger partial charge >= 0.3 is 0 Å². The number of hydrogen-bond donors (Lipinski definition) is 0. The van der Waals surface area contributed by atoms with Gasteiger partial charge in [-0.1, -0.05) is 12.2 Å². The van der Waals surface area contributed by atoms with Gasteiger partial charge < -0.3 is 4.90 Å². The van der Waals surface area contributed by atoms with Crippen molar-refractivity contribution in [1.82, 2.24) is 4.90 Å². The standard InChI is InChI=1S/C10H17NO3S/c1-4-7-11(8-5-2)10(12)6-9-15(3,13)14/h4-5H,1-2,6-9H2,3H3. The summed E-state index contributed by atoms with van der Waals surface area (Å²) in [6, 6.07) is 0. The summed E-state index contributed by atoms with van der Waals surface area (Å²) in [6.07, 6.45) is 4.33. The number of carbonyl (C=O) groups excluding carboxylic acids is 1. The number of sulfone groups is 1. The van der Waals surface area contributed by atoms with Crippen molar-refractivity contribution >= 4 is 15.7 Å². The molecule has 0 N–H and O–H groups in total. The minimum Gasteiger partial charge on any atom is -0.335 e. The van der Waals surface area contributed by atoms with E-state index in [9.17, 15) is 13.2 Å². The molecule has 86 valence electrons. The highest BCUT2D eigenvalue weighted by atomic mass is 32.2. The van der Waals surface area contributed by atoms with Crippen molar-refractivity contribution in [2.75, 3.05) is 25.1 Å². The molecule has 15 heavy (non-hydrogen) atoms. The molecule has 0 saturated heterocycles. The second-order valence-corrected chi connectivity index (χ2v) is 5.52. The van der Waals surface area contributed by atoms with E-state index in [0.717, 1.165) is 6.26 Å². The highest BCUT2D eigenvalue weighted by molar-refractivity contribution is 7.90. The molecule has 5 heteroatoms. The smallest absolute Gasteiger partial charge is 0.224 e. The van der Waals surface area contributed by atoms with E-state index < -0.39 is 9.84 Å². The lowest BCUT2D eigenvalue weighted by atomic mass is 10.3. The molecule has 4 nitrogen and oxygen atoms in total. The molecular formula is C10H17NO3S. The zero-order valence-electron chi connectivity index (χ0n) is 8.98. The lowest BCUT2D eigenvalue weighted by molar-refractivity contribution is -0.129. The van der Waals surface area contributed by atoms with Crippen LogP contribution in [-0.4, -0.2) is 44.3 Å². The highest BCUT2D eigenvalue weighted by Gasteiger charge is 2.13. The molecule has 0 bridgehead atoms. The predicted octanol–water partition coefficient (Wildman–Crippen LogP) is 0.622. The molecule has 0 spiro atoms. The van der Waals surface area contributed by atoms with E-state index in [1.54, 1.807) is 12.2 Å². The van der Waals surface area contributed by atoms with Crippen LogP contribution < -0.4 is 0 Å². The maximum absolute atomic E-state index is 11.5. The van der Waals surface area contributed by atoms with Gasteiger partial charge in [-0.2, -0.15) is 0 Å². The van der Waals surface area contributed by atoms with E-state index in [-0.39, 0.29) is 18.1 Å². The van der Waals surface area contributed by atoms with Crippen LogP contribution in [0.3, 0.4) is 0 Å². The van der Waals surface area contributed by atoms with E-state index >= 15 is 0 Å². The lowest BCUT2D eigenvalue weighted by Gasteiger charge is -2.18. The molecular weight excluding hydrogens is 214 g/mol. The molecule has 0 saturated carbocycles. The second-order valence-electron chi connectivity index (χ2n) is 3.26. The first-order chi connectivity index (χ1) is 6.90. The van der Waals surface area contributed by atoms with E-state index in [4.69, 9.17) is 0 Å². The molecule has 0 aromatic rings. The van der Waals surface area contributed by atoms with Crippen LogP contribution in [0.2, 0.25) is 0 Å². The van der Waals surface area contributed by atoms with Crippen molar-refractivity contribution in [3.05, 3.63) is 25.3 Å². The minimum absolute atomic E-state index is 0.0144. The maximum atomic E-state index is 11.5. The number of rotatable bonds is 7. The van der Waals surface area contributed by atoms with Crippen molar-refractivity contribution in [2.45, 2.75) is 6.42 Å². The summed E-state index contributed by atoms with van der Waals surface area (Å²) in [5, 5.41) is 0. The largest absolute Gasteiger partial charge is 0.335 e. The van der Waals surface area contributed by atoms with E-state index in [0.29, 0.717) is 13.1 Å². The van der Waals surface area contributed by atoms with Crippen LogP contribution in [0.4, 0.5) is 0 Å². The van der Waals surface area contributed by atoms with Crippen LogP contribution in [0.15, 0.2) is 25.3 Å². The van der Waals surface area contributed by atoms with Crippen molar-refractivity contribution < 1.29 is 13.2 Å². The zero-order valence-corrected chi connectivity index (χ0v) is 9.79. The second kappa shape index (κ2) is 6.40. The van der Waals surface area contributed by atoms with Crippen LogP contribution in [0.1, 0.15) is 6.42 Å². The first-order valence-electron chi connectivity index (χ1n) is 4.58. The minimum atomic E-state index is -3.08. The maximum Gasteiger partial charge on any atom is 0.224 e. The summed E-state index contributed by atoms with van der Waals surface area (Å²) < 4.78 is 21.7. The van der Waals surface area contributed by atoms with Gasteiger partial charge in [0.05, 0.1) is 5.75 Å². The molecule has 1 amide bonds. The highest BCUT2D eigenvalue weighted by Crippen LogP contribution is 1.98. The zero-order chi connectivity index (χ0) is 11.9. The summed E-state index contributed by atoms with van der Waals surface area (Å²) in [5.74, 6) is -0.309. The van der Waals surface area contributed by atoms with Crippen LogP contribution in [0, 0.1) is 0 Å². The first-order valence-corrected chi connectivity index (χ1v) is 6.64. The summed E-state index contributed by atoms with van der Waals surface area (Å²) in [5.41, 5.74) is 0. The number of nitrogens with zero attached hydrogens (tertiary/aromatic N) is 1. The van der Waals surface area contributed by atoms with E-state index in [1.165, 1.54) is 4.90 Å². The summed E-state index contributed by atoms with van der Waals surface area (Å²) in [6.45, 7) is 7.88. The average Bonchev–Trinajstić information content (AvgIpc) is 2.13. The van der Waals surface area contributed by atoms with Gasteiger partial charge in [-0.25, -0.2) is 8.42 Å². The molecule has 0 aromatic carbocycles. The fourth-order valence-corrected chi connectivity index (χ4v) is 1.57. The Morgan fingerprint density at radius 2 is 1.73 bits per heavy atom. The number of hydrogen-bond acceptors (Lipinski definition) is 3. The summed E-state index contributed by atoms with van der Waals surface area (Å²) >= 11 is 0. The van der Waals surface area contributed by atoms with Crippen LogP contribution in [0.25, 0.3) is 0 Å². The SMILES string of the molecule is C=CCN(CC=C)C(=O)CCS(C)(=O)=O. The Balaban J connectivity index is 4.25. The van der Waals surface area contributed by atoms with Crippen LogP contribution in [0.5, 0.6) is 0 Å². The molecule has 0 aliphatic carbocycles. The van der Waals surface area contributed by atoms with Crippen LogP contribution in [-0.2, 0) is 14.6 Å². The molecule has 0 aromatic heterocycles. The lowest BCUT2D eigenvalue weighted by Crippen LogP contribution is -2.32. The molecule has 0 unspecified atom stereocenters. The molecule has 0 atom stereocenters. The molecule has 0 radical (unpaired) electrons. The van der Waals surface area contributed by atoms with Gasteiger partial charge in [-0.3, -0.25) is 4.79 Å². The van der Waals surface area contributed by atoms with Gasteiger partial charge in [0.15, 0.2) is 0 Å². The van der Waals surface area contributed by atoms with Gasteiger partial charge in [-0.05, 0) is 0 Å². The monoisotopic (exact) mass is 231 g/mol. The van der Waals surface area contributed by atoms with Crippen molar-refractivity contribution in [2.24, 2.45) is 0 Å². The van der Waals surface area contributed by atoms with Crippen LogP contribution >= 0.6 is 0 Å². The summed E-state index contributed by atoms with van der Waals surface area (Å²) in [4.78, 5) is 13.0. The van der Waals surface area contributed by atoms with Crippen molar-refractivity contribution in [3.8, 4) is 0 Å². The Hall–Kier alpha value is -1.10. The van der Waals surface area contributed by atoms with Crippen molar-refractivity contribution in [1.29, 1.82) is 0 Å². The molecule has 0 aliphatic rings. The molecule has 0 rings (SSSR count). The third-order valence-corrected chi connectivity index (χ3v) is 2.68. The third kappa shape index (κ3) is 6.90. The Labute approximate surface area is 91.2 Å². The number of amides is 1. The van der Waals surface area contributed by atoms with Gasteiger partial charge in [0.1, 0.15) is 9.84 Å². The Morgan fingerprint density at radius 1 is 1.27 bits per heavy atom. The fraction of sp³-hybridized carbons (Fsp3) is 0.500. The quantitative estimate of drug-likeness (QED) is 0.604. The number of carbonyl (C=O) groups is 1. The van der Waals surface area contributed by atoms with Crippen molar-refractivity contribution in [3.63, 3.8) is 0 Å². The molecule has 0 heterocycles. The predicted molar refractivity (Wildman–Crippen MR) is 61.3 cm³/mol. The van der Waals surface area contributed by atoms with Gasteiger partial charge in [0.25, 0.3) is 0 Å². The summed E-state index contributed by atoms with van der Waals surface area (Å²) in [7, 11) is -3.08. The Kier molecular flexibility index (Phi) is 5.93. The van der Waals surface area contributed by atoms with Gasteiger partial charge in [0, 0.05) is 25.8 Å². The molecule has 0 fully saturated rings. The Morgan fingerprint density at radius 3 is 2.07 bits per heavy atom. The van der Waals surface area contributed by atoms with Gasteiger partial charge in [-0.15, -0.1) is 13.2 Å². The van der Waals surface area contributed by atoms with E-state index in [2.05, 4.69) is 13.2 Å². The average molecular weight is 231 g/mol. The first kappa shape index (κ1) is 13.9. The Bertz CT molecular complexity index is 323. The molecule has 0 aliphatic heterocycles. The van der Waals surface area contributed by atoms with E-state index in [1.807, 2.05) is 0 Å². The topological polar surface area (TPSA) is 54.5 Å². The normalized spacial score (nSPS) is 10.7. The third-order valence-electron chi connectivity index (χ3n) is 1.74.